The number of nitrogens with zero attached hydrogens (tertiary/aromatic N) is 1. The highest BCUT2D eigenvalue weighted by molar-refractivity contribution is 7.09. The maximum absolute atomic E-state index is 12.5. The van der Waals surface area contributed by atoms with Crippen LogP contribution in [-0.2, 0) is 16.1 Å². The molecule has 0 aromatic carbocycles. The minimum Gasteiger partial charge on any atom is -0.376 e. The molecular weight excluding hydrogens is 284 g/mol. The van der Waals surface area contributed by atoms with E-state index in [1.54, 1.807) is 11.3 Å². The van der Waals surface area contributed by atoms with Gasteiger partial charge in [0.25, 0.3) is 0 Å². The molecule has 2 heterocycles. The minimum absolute atomic E-state index is 0.209. The predicted octanol–water partition coefficient (Wildman–Crippen LogP) is 2.63. The number of nitrogens with two attached hydrogens (primary N) is 1. The summed E-state index contributed by atoms with van der Waals surface area (Å²) in [7, 11) is 0. The van der Waals surface area contributed by atoms with Gasteiger partial charge in [-0.05, 0) is 43.2 Å². The molecule has 1 aromatic heterocycles. The Morgan fingerprint density at radius 1 is 1.62 bits per heavy atom. The summed E-state index contributed by atoms with van der Waals surface area (Å²) in [4.78, 5) is 15.7. The van der Waals surface area contributed by atoms with E-state index < -0.39 is 0 Å². The van der Waals surface area contributed by atoms with E-state index in [0.717, 1.165) is 25.9 Å². The number of ether oxygens (including phenoxy) is 1. The first kappa shape index (κ1) is 16.5. The molecule has 1 aromatic rings. The van der Waals surface area contributed by atoms with Gasteiger partial charge in [0.15, 0.2) is 0 Å². The number of hydrogen-bond donors (Lipinski definition) is 1. The summed E-state index contributed by atoms with van der Waals surface area (Å²) in [5.41, 5.74) is 5.63. The molecule has 2 atom stereocenters. The molecule has 2 unspecified atom stereocenters. The van der Waals surface area contributed by atoms with Crippen molar-refractivity contribution < 1.29 is 9.53 Å². The van der Waals surface area contributed by atoms with Gasteiger partial charge in [-0.3, -0.25) is 4.79 Å². The summed E-state index contributed by atoms with van der Waals surface area (Å²) in [5, 5.41) is 2.06. The second kappa shape index (κ2) is 8.51. The molecule has 1 fully saturated rings. The second-order valence-corrected chi connectivity index (χ2v) is 6.90. The Kier molecular flexibility index (Phi) is 6.67. The Bertz CT molecular complexity index is 416. The maximum atomic E-state index is 12.5. The SMILES string of the molecule is CC(CN)CCC(=O)N(Cc1cccs1)CC1CCCO1. The molecule has 0 spiro atoms. The van der Waals surface area contributed by atoms with Crippen LogP contribution in [0.25, 0.3) is 0 Å². The fourth-order valence-corrected chi connectivity index (χ4v) is 3.24. The lowest BCUT2D eigenvalue weighted by Gasteiger charge is -2.25. The Morgan fingerprint density at radius 3 is 3.10 bits per heavy atom. The number of carbonyl (C=O) groups excluding carboxylic acids is 1. The van der Waals surface area contributed by atoms with Crippen LogP contribution in [0.3, 0.4) is 0 Å². The van der Waals surface area contributed by atoms with Gasteiger partial charge < -0.3 is 15.4 Å². The van der Waals surface area contributed by atoms with Gasteiger partial charge in [-0.1, -0.05) is 13.0 Å². The molecule has 1 aliphatic rings. The molecule has 118 valence electrons. The van der Waals surface area contributed by atoms with Crippen LogP contribution in [0.2, 0.25) is 0 Å². The first-order valence-electron chi connectivity index (χ1n) is 7.81. The number of hydrogen-bond acceptors (Lipinski definition) is 4. The van der Waals surface area contributed by atoms with E-state index in [1.807, 2.05) is 11.0 Å². The lowest BCUT2D eigenvalue weighted by atomic mass is 10.1. The highest BCUT2D eigenvalue weighted by Crippen LogP contribution is 2.18. The smallest absolute Gasteiger partial charge is 0.222 e. The van der Waals surface area contributed by atoms with Gasteiger partial charge in [0.1, 0.15) is 0 Å². The number of carbonyl (C=O) groups is 1. The van der Waals surface area contributed by atoms with E-state index in [-0.39, 0.29) is 12.0 Å². The van der Waals surface area contributed by atoms with Crippen LogP contribution in [0.4, 0.5) is 0 Å². The van der Waals surface area contributed by atoms with Gasteiger partial charge in [-0.2, -0.15) is 0 Å². The number of rotatable bonds is 8. The average Bonchev–Trinajstić information content (AvgIpc) is 3.17. The largest absolute Gasteiger partial charge is 0.376 e. The van der Waals surface area contributed by atoms with Gasteiger partial charge in [-0.15, -0.1) is 11.3 Å². The molecule has 0 radical (unpaired) electrons. The van der Waals surface area contributed by atoms with Gasteiger partial charge in [0.05, 0.1) is 12.6 Å². The number of amides is 1. The van der Waals surface area contributed by atoms with E-state index >= 15 is 0 Å². The molecule has 4 nitrogen and oxygen atoms in total. The van der Waals surface area contributed by atoms with E-state index in [1.165, 1.54) is 4.88 Å². The highest BCUT2D eigenvalue weighted by atomic mass is 32.1. The molecule has 1 aliphatic heterocycles. The third kappa shape index (κ3) is 5.41. The van der Waals surface area contributed by atoms with Crippen molar-refractivity contribution in [3.8, 4) is 0 Å². The number of thiophene rings is 1. The molecule has 0 bridgehead atoms. The van der Waals surface area contributed by atoms with E-state index in [9.17, 15) is 4.79 Å². The summed E-state index contributed by atoms with van der Waals surface area (Å²) in [6.07, 6.45) is 3.82. The molecule has 5 heteroatoms. The zero-order valence-corrected chi connectivity index (χ0v) is 13.6. The van der Waals surface area contributed by atoms with Crippen LogP contribution in [0, 0.1) is 5.92 Å². The lowest BCUT2D eigenvalue weighted by Crippen LogP contribution is -2.37. The fourth-order valence-electron chi connectivity index (χ4n) is 2.53. The maximum Gasteiger partial charge on any atom is 0.222 e. The molecule has 2 rings (SSSR count). The van der Waals surface area contributed by atoms with Crippen LogP contribution < -0.4 is 5.73 Å². The zero-order valence-electron chi connectivity index (χ0n) is 12.8. The first-order valence-corrected chi connectivity index (χ1v) is 8.69. The van der Waals surface area contributed by atoms with Gasteiger partial charge in [0, 0.05) is 24.4 Å². The summed E-state index contributed by atoms with van der Waals surface area (Å²) in [5.74, 6) is 0.625. The summed E-state index contributed by atoms with van der Waals surface area (Å²) in [6.45, 7) is 4.98. The van der Waals surface area contributed by atoms with Crippen molar-refractivity contribution in [2.75, 3.05) is 19.7 Å². The van der Waals surface area contributed by atoms with Crippen LogP contribution in [0.5, 0.6) is 0 Å². The standard InChI is InChI=1S/C16H26N2O2S/c1-13(10-17)6-7-16(19)18(11-14-4-2-8-20-14)12-15-5-3-9-21-15/h3,5,9,13-14H,2,4,6-8,10-12,17H2,1H3. The predicted molar refractivity (Wildman–Crippen MR) is 86.2 cm³/mol. The Balaban J connectivity index is 1.91. The monoisotopic (exact) mass is 310 g/mol. The van der Waals surface area contributed by atoms with Crippen LogP contribution in [0.1, 0.15) is 37.5 Å². The molecule has 21 heavy (non-hydrogen) atoms. The molecular formula is C16H26N2O2S. The third-order valence-corrected chi connectivity index (χ3v) is 4.84. The molecule has 1 amide bonds. The Labute approximate surface area is 131 Å². The minimum atomic E-state index is 0.209. The van der Waals surface area contributed by atoms with Gasteiger partial charge >= 0.3 is 0 Å². The Morgan fingerprint density at radius 2 is 2.48 bits per heavy atom. The normalized spacial score (nSPS) is 19.6. The zero-order chi connectivity index (χ0) is 15.1. The van der Waals surface area contributed by atoms with Crippen molar-refractivity contribution in [1.29, 1.82) is 0 Å². The van der Waals surface area contributed by atoms with E-state index in [2.05, 4.69) is 18.4 Å². The topological polar surface area (TPSA) is 55.6 Å². The molecule has 0 saturated carbocycles. The quantitative estimate of drug-likeness (QED) is 0.803. The summed E-state index contributed by atoms with van der Waals surface area (Å²) in [6, 6.07) is 4.12. The second-order valence-electron chi connectivity index (χ2n) is 5.87. The lowest BCUT2D eigenvalue weighted by molar-refractivity contribution is -0.133. The van der Waals surface area contributed by atoms with Crippen LogP contribution in [0.15, 0.2) is 17.5 Å². The van der Waals surface area contributed by atoms with Crippen molar-refractivity contribution in [3.63, 3.8) is 0 Å². The van der Waals surface area contributed by atoms with Crippen molar-refractivity contribution >= 4 is 17.2 Å². The van der Waals surface area contributed by atoms with Crippen molar-refractivity contribution in [1.82, 2.24) is 4.90 Å². The highest BCUT2D eigenvalue weighted by Gasteiger charge is 2.23. The van der Waals surface area contributed by atoms with E-state index in [4.69, 9.17) is 10.5 Å². The third-order valence-electron chi connectivity index (χ3n) is 3.98. The van der Waals surface area contributed by atoms with Crippen molar-refractivity contribution in [3.05, 3.63) is 22.4 Å². The van der Waals surface area contributed by atoms with Crippen molar-refractivity contribution in [2.24, 2.45) is 11.7 Å². The summed E-state index contributed by atoms with van der Waals surface area (Å²) < 4.78 is 5.69. The Hall–Kier alpha value is -0.910. The summed E-state index contributed by atoms with van der Waals surface area (Å²) >= 11 is 1.70. The van der Waals surface area contributed by atoms with Crippen LogP contribution >= 0.6 is 11.3 Å². The molecule has 0 aliphatic carbocycles. The van der Waals surface area contributed by atoms with E-state index in [0.29, 0.717) is 32.0 Å². The molecule has 1 saturated heterocycles. The fraction of sp³-hybridized carbons (Fsp3) is 0.688. The first-order chi connectivity index (χ1) is 10.2. The van der Waals surface area contributed by atoms with Gasteiger partial charge in [0.2, 0.25) is 5.91 Å². The molecule has 2 N–H and O–H groups in total. The van der Waals surface area contributed by atoms with Crippen LogP contribution in [-0.4, -0.2) is 36.6 Å². The average molecular weight is 310 g/mol. The van der Waals surface area contributed by atoms with Crippen molar-refractivity contribution in [2.45, 2.75) is 45.3 Å². The van der Waals surface area contributed by atoms with Gasteiger partial charge in [-0.25, -0.2) is 0 Å².